The van der Waals surface area contributed by atoms with Gasteiger partial charge in [0, 0.05) is 13.6 Å². The molecule has 6 heteroatoms. The highest BCUT2D eigenvalue weighted by molar-refractivity contribution is 5.79. The maximum Gasteiger partial charge on any atom is 0.246 e. The van der Waals surface area contributed by atoms with Gasteiger partial charge in [-0.2, -0.15) is 4.98 Å². The second kappa shape index (κ2) is 8.50. The molecule has 1 rings (SSSR count). The van der Waals surface area contributed by atoms with E-state index in [-0.39, 0.29) is 0 Å². The van der Waals surface area contributed by atoms with Crippen LogP contribution in [0.2, 0.25) is 0 Å². The lowest BCUT2D eigenvalue weighted by Crippen LogP contribution is -2.37. The van der Waals surface area contributed by atoms with Crippen LogP contribution in [0.4, 0.5) is 0 Å². The highest BCUT2D eigenvalue weighted by Crippen LogP contribution is 2.04. The molecule has 0 atom stereocenters. The molecule has 0 saturated heterocycles. The van der Waals surface area contributed by atoms with Crippen molar-refractivity contribution < 1.29 is 4.52 Å². The number of hydrogen-bond donors (Lipinski definition) is 2. The zero-order valence-corrected chi connectivity index (χ0v) is 12.4. The fraction of sp³-hybridized carbons (Fsp3) is 0.769. The molecule has 0 aliphatic carbocycles. The van der Waals surface area contributed by atoms with Crippen LogP contribution in [0.1, 0.15) is 44.8 Å². The van der Waals surface area contributed by atoms with Crippen molar-refractivity contribution in [2.75, 3.05) is 13.6 Å². The summed E-state index contributed by atoms with van der Waals surface area (Å²) >= 11 is 0. The SMILES string of the molecule is CN=C(NCCCCC(C)C)NCc1nc(C)no1. The minimum atomic E-state index is 0.493. The standard InChI is InChI=1S/C13H25N5O/c1-10(2)7-5-6-8-15-13(14-4)16-9-12-17-11(3)18-19-12/h10H,5-9H2,1-4H3,(H2,14,15,16). The number of aliphatic imine (C=N–C) groups is 1. The molecule has 0 unspecified atom stereocenters. The first kappa shape index (κ1) is 15.5. The Morgan fingerprint density at radius 1 is 1.32 bits per heavy atom. The fourth-order valence-corrected chi connectivity index (χ4v) is 1.68. The van der Waals surface area contributed by atoms with Crippen molar-refractivity contribution in [1.82, 2.24) is 20.8 Å². The summed E-state index contributed by atoms with van der Waals surface area (Å²) in [5, 5.41) is 10.1. The molecule has 0 aliphatic rings. The van der Waals surface area contributed by atoms with Crippen molar-refractivity contribution in [3.8, 4) is 0 Å². The van der Waals surface area contributed by atoms with Gasteiger partial charge in [0.15, 0.2) is 11.8 Å². The van der Waals surface area contributed by atoms with Crippen LogP contribution in [0.5, 0.6) is 0 Å². The van der Waals surface area contributed by atoms with E-state index in [0.717, 1.165) is 24.8 Å². The molecule has 1 aromatic rings. The van der Waals surface area contributed by atoms with Gasteiger partial charge < -0.3 is 15.2 Å². The number of guanidine groups is 1. The Hall–Kier alpha value is -1.59. The Kier molecular flexibility index (Phi) is 6.92. The molecular weight excluding hydrogens is 242 g/mol. The summed E-state index contributed by atoms with van der Waals surface area (Å²) in [6, 6.07) is 0. The molecule has 0 radical (unpaired) electrons. The Bertz CT molecular complexity index is 386. The van der Waals surface area contributed by atoms with Crippen LogP contribution in [0.15, 0.2) is 9.52 Å². The molecule has 6 nitrogen and oxygen atoms in total. The van der Waals surface area contributed by atoms with Gasteiger partial charge in [0.25, 0.3) is 0 Å². The zero-order chi connectivity index (χ0) is 14.1. The lowest BCUT2D eigenvalue weighted by atomic mass is 10.1. The molecule has 0 fully saturated rings. The first-order valence-corrected chi connectivity index (χ1v) is 6.85. The number of nitrogens with zero attached hydrogens (tertiary/aromatic N) is 3. The molecule has 1 aromatic heterocycles. The van der Waals surface area contributed by atoms with Crippen LogP contribution in [-0.2, 0) is 6.54 Å². The molecule has 0 aromatic carbocycles. The highest BCUT2D eigenvalue weighted by Gasteiger charge is 2.03. The number of aromatic nitrogens is 2. The van der Waals surface area contributed by atoms with Gasteiger partial charge in [-0.15, -0.1) is 0 Å². The monoisotopic (exact) mass is 267 g/mol. The third kappa shape index (κ3) is 6.79. The predicted molar refractivity (Wildman–Crippen MR) is 75.9 cm³/mol. The third-order valence-electron chi connectivity index (χ3n) is 2.70. The number of nitrogens with one attached hydrogen (secondary N) is 2. The molecule has 1 heterocycles. The largest absolute Gasteiger partial charge is 0.356 e. The average molecular weight is 267 g/mol. The molecule has 19 heavy (non-hydrogen) atoms. The highest BCUT2D eigenvalue weighted by atomic mass is 16.5. The summed E-state index contributed by atoms with van der Waals surface area (Å²) in [6.07, 6.45) is 3.66. The van der Waals surface area contributed by atoms with Crippen LogP contribution >= 0.6 is 0 Å². The molecule has 108 valence electrons. The van der Waals surface area contributed by atoms with Gasteiger partial charge in [0.2, 0.25) is 5.89 Å². The second-order valence-electron chi connectivity index (χ2n) is 4.98. The summed E-state index contributed by atoms with van der Waals surface area (Å²) in [6.45, 7) is 7.72. The van der Waals surface area contributed by atoms with Gasteiger partial charge in [-0.3, -0.25) is 4.99 Å². The van der Waals surface area contributed by atoms with Gasteiger partial charge in [0.1, 0.15) is 0 Å². The van der Waals surface area contributed by atoms with Crippen LogP contribution < -0.4 is 10.6 Å². The number of unbranched alkanes of at least 4 members (excludes halogenated alkanes) is 1. The van der Waals surface area contributed by atoms with E-state index in [4.69, 9.17) is 4.52 Å². The molecule has 0 saturated carbocycles. The van der Waals surface area contributed by atoms with E-state index in [0.29, 0.717) is 18.3 Å². The van der Waals surface area contributed by atoms with E-state index < -0.39 is 0 Å². The molecule has 0 aliphatic heterocycles. The molecule has 0 amide bonds. The molecular formula is C13H25N5O. The Morgan fingerprint density at radius 2 is 2.11 bits per heavy atom. The van der Waals surface area contributed by atoms with Gasteiger partial charge in [-0.25, -0.2) is 0 Å². The van der Waals surface area contributed by atoms with Gasteiger partial charge in [0.05, 0.1) is 6.54 Å². The predicted octanol–water partition coefficient (Wildman–Crippen LogP) is 1.87. The van der Waals surface area contributed by atoms with E-state index in [1.54, 1.807) is 14.0 Å². The van der Waals surface area contributed by atoms with E-state index in [1.807, 2.05) is 0 Å². The lowest BCUT2D eigenvalue weighted by Gasteiger charge is -2.10. The van der Waals surface area contributed by atoms with Crippen molar-refractivity contribution in [2.24, 2.45) is 10.9 Å². The maximum absolute atomic E-state index is 5.02. The van der Waals surface area contributed by atoms with Crippen LogP contribution in [-0.4, -0.2) is 29.7 Å². The topological polar surface area (TPSA) is 75.3 Å². The smallest absolute Gasteiger partial charge is 0.246 e. The van der Waals surface area contributed by atoms with Crippen molar-refractivity contribution in [3.63, 3.8) is 0 Å². The van der Waals surface area contributed by atoms with Crippen LogP contribution in [0, 0.1) is 12.8 Å². The fourth-order valence-electron chi connectivity index (χ4n) is 1.68. The average Bonchev–Trinajstić information content (AvgIpc) is 2.78. The molecule has 0 spiro atoms. The van der Waals surface area contributed by atoms with Crippen molar-refractivity contribution in [3.05, 3.63) is 11.7 Å². The Morgan fingerprint density at radius 3 is 2.68 bits per heavy atom. The summed E-state index contributed by atoms with van der Waals surface area (Å²) < 4.78 is 5.02. The van der Waals surface area contributed by atoms with Gasteiger partial charge in [-0.1, -0.05) is 31.8 Å². The van der Waals surface area contributed by atoms with Crippen molar-refractivity contribution >= 4 is 5.96 Å². The van der Waals surface area contributed by atoms with E-state index in [2.05, 4.69) is 39.6 Å². The lowest BCUT2D eigenvalue weighted by molar-refractivity contribution is 0.371. The number of rotatable bonds is 7. The summed E-state index contributed by atoms with van der Waals surface area (Å²) in [7, 11) is 1.75. The third-order valence-corrected chi connectivity index (χ3v) is 2.70. The zero-order valence-electron chi connectivity index (χ0n) is 12.4. The first-order chi connectivity index (χ1) is 9.11. The minimum absolute atomic E-state index is 0.493. The Balaban J connectivity index is 2.16. The minimum Gasteiger partial charge on any atom is -0.356 e. The second-order valence-corrected chi connectivity index (χ2v) is 4.98. The number of aryl methyl sites for hydroxylation is 1. The summed E-state index contributed by atoms with van der Waals surface area (Å²) in [5.74, 6) is 2.76. The van der Waals surface area contributed by atoms with Crippen LogP contribution in [0.3, 0.4) is 0 Å². The van der Waals surface area contributed by atoms with E-state index >= 15 is 0 Å². The van der Waals surface area contributed by atoms with Crippen molar-refractivity contribution in [1.29, 1.82) is 0 Å². The van der Waals surface area contributed by atoms with E-state index in [9.17, 15) is 0 Å². The van der Waals surface area contributed by atoms with Crippen LogP contribution in [0.25, 0.3) is 0 Å². The maximum atomic E-state index is 5.02. The van der Waals surface area contributed by atoms with Gasteiger partial charge in [-0.05, 0) is 19.3 Å². The Labute approximate surface area is 115 Å². The van der Waals surface area contributed by atoms with E-state index in [1.165, 1.54) is 12.8 Å². The first-order valence-electron chi connectivity index (χ1n) is 6.85. The number of hydrogen-bond acceptors (Lipinski definition) is 4. The normalized spacial score (nSPS) is 11.9. The quantitative estimate of drug-likeness (QED) is 0.448. The summed E-state index contributed by atoms with van der Waals surface area (Å²) in [4.78, 5) is 8.27. The molecule has 0 bridgehead atoms. The van der Waals surface area contributed by atoms with Crippen molar-refractivity contribution in [2.45, 2.75) is 46.6 Å². The molecule has 2 N–H and O–H groups in total. The van der Waals surface area contributed by atoms with Gasteiger partial charge >= 0.3 is 0 Å². The summed E-state index contributed by atoms with van der Waals surface area (Å²) in [5.41, 5.74) is 0.